The number of rotatable bonds is 5. The molecule has 4 nitrogen and oxygen atoms in total. The van der Waals surface area contributed by atoms with E-state index in [9.17, 15) is 9.90 Å². The van der Waals surface area contributed by atoms with Crippen molar-refractivity contribution in [3.8, 4) is 0 Å². The number of carboxylic acid groups (broad SMARTS) is 1. The fourth-order valence-corrected chi connectivity index (χ4v) is 1.75. The lowest BCUT2D eigenvalue weighted by Gasteiger charge is -2.10. The van der Waals surface area contributed by atoms with E-state index in [1.54, 1.807) is 12.1 Å². The zero-order chi connectivity index (χ0) is 12.1. The first-order chi connectivity index (χ1) is 7.54. The minimum Gasteiger partial charge on any atom is -0.478 e. The Balaban J connectivity index is 2.70. The molecule has 0 aliphatic rings. The maximum Gasteiger partial charge on any atom is 0.336 e. The zero-order valence-electron chi connectivity index (χ0n) is 8.28. The van der Waals surface area contributed by atoms with E-state index in [2.05, 4.69) is 21.2 Å². The van der Waals surface area contributed by atoms with Gasteiger partial charge < -0.3 is 15.5 Å². The molecule has 0 saturated heterocycles. The average Bonchev–Trinajstić information content (AvgIpc) is 2.25. The van der Waals surface area contributed by atoms with Crippen molar-refractivity contribution in [3.63, 3.8) is 0 Å². The Bertz CT molecular complexity index is 386. The van der Waals surface area contributed by atoms with Crippen LogP contribution in [0.5, 0.6) is 0 Å². The number of hydrogen-bond donors (Lipinski definition) is 3. The van der Waals surface area contributed by atoms with Crippen molar-refractivity contribution in [2.75, 3.05) is 17.7 Å². The van der Waals surface area contributed by atoms with Crippen molar-refractivity contribution in [1.29, 1.82) is 0 Å². The molecule has 0 amide bonds. The van der Waals surface area contributed by atoms with E-state index in [-0.39, 0.29) is 11.4 Å². The third kappa shape index (κ3) is 3.66. The van der Waals surface area contributed by atoms with E-state index < -0.39 is 12.1 Å². The van der Waals surface area contributed by atoms with E-state index in [1.807, 2.05) is 0 Å². The molecule has 0 bridgehead atoms. The van der Waals surface area contributed by atoms with Gasteiger partial charge in [0.15, 0.2) is 0 Å². The van der Waals surface area contributed by atoms with Gasteiger partial charge in [0.25, 0.3) is 0 Å². The molecule has 0 spiro atoms. The van der Waals surface area contributed by atoms with Crippen LogP contribution in [0.25, 0.3) is 0 Å². The third-order valence-electron chi connectivity index (χ3n) is 1.92. The highest BCUT2D eigenvalue weighted by atomic mass is 79.9. The van der Waals surface area contributed by atoms with Gasteiger partial charge in [-0.3, -0.25) is 0 Å². The van der Waals surface area contributed by atoms with Crippen LogP contribution in [0.1, 0.15) is 10.4 Å². The second-order valence-corrected chi connectivity index (χ2v) is 4.35. The summed E-state index contributed by atoms with van der Waals surface area (Å²) in [5.41, 5.74) is 0.921. The number of hydrogen-bond acceptors (Lipinski definition) is 3. The second kappa shape index (κ2) is 6.08. The van der Waals surface area contributed by atoms with Crippen LogP contribution >= 0.6 is 27.5 Å². The van der Waals surface area contributed by atoms with Gasteiger partial charge in [-0.15, -0.1) is 11.6 Å². The van der Waals surface area contributed by atoms with Crippen molar-refractivity contribution in [2.24, 2.45) is 0 Å². The average molecular weight is 309 g/mol. The predicted molar refractivity (Wildman–Crippen MR) is 66.3 cm³/mol. The minimum atomic E-state index is -0.987. The molecule has 0 aliphatic carbocycles. The number of carbonyl (C=O) groups is 1. The Kier molecular flexibility index (Phi) is 5.05. The van der Waals surface area contributed by atoms with E-state index in [1.165, 1.54) is 6.07 Å². The number of carboxylic acids is 1. The zero-order valence-corrected chi connectivity index (χ0v) is 10.6. The molecule has 3 N–H and O–H groups in total. The number of aliphatic hydroxyl groups excluding tert-OH is 1. The molecule has 1 unspecified atom stereocenters. The first-order valence-corrected chi connectivity index (χ1v) is 5.88. The third-order valence-corrected chi connectivity index (χ3v) is 2.93. The summed E-state index contributed by atoms with van der Waals surface area (Å²) in [4.78, 5) is 10.7. The van der Waals surface area contributed by atoms with E-state index in [4.69, 9.17) is 16.7 Å². The van der Waals surface area contributed by atoms with Crippen molar-refractivity contribution in [3.05, 3.63) is 28.2 Å². The summed E-state index contributed by atoms with van der Waals surface area (Å²) in [6, 6.07) is 4.77. The lowest BCUT2D eigenvalue weighted by atomic mass is 10.2. The number of aromatic carboxylic acids is 1. The summed E-state index contributed by atoms with van der Waals surface area (Å²) < 4.78 is 0.491. The van der Waals surface area contributed by atoms with Crippen LogP contribution in [0.2, 0.25) is 0 Å². The van der Waals surface area contributed by atoms with Crippen LogP contribution in [0, 0.1) is 0 Å². The Morgan fingerprint density at radius 3 is 2.75 bits per heavy atom. The number of alkyl halides is 1. The molecule has 1 atom stereocenters. The lowest BCUT2D eigenvalue weighted by Crippen LogP contribution is -2.20. The molecule has 0 aliphatic heterocycles. The molecule has 1 aromatic carbocycles. The molecule has 0 saturated carbocycles. The van der Waals surface area contributed by atoms with Crippen LogP contribution in [-0.2, 0) is 0 Å². The molecule has 1 aromatic rings. The molecule has 0 radical (unpaired) electrons. The van der Waals surface area contributed by atoms with E-state index in [0.717, 1.165) is 5.69 Å². The number of nitrogens with one attached hydrogen (secondary N) is 1. The molecule has 16 heavy (non-hydrogen) atoms. The number of aliphatic hydroxyl groups is 1. The van der Waals surface area contributed by atoms with Crippen molar-refractivity contribution < 1.29 is 15.0 Å². The highest BCUT2D eigenvalue weighted by molar-refractivity contribution is 9.10. The van der Waals surface area contributed by atoms with Crippen molar-refractivity contribution in [2.45, 2.75) is 6.10 Å². The first kappa shape index (κ1) is 13.3. The van der Waals surface area contributed by atoms with Gasteiger partial charge in [0, 0.05) is 16.7 Å². The van der Waals surface area contributed by atoms with Gasteiger partial charge in [-0.1, -0.05) is 0 Å². The molecule has 0 fully saturated rings. The van der Waals surface area contributed by atoms with Gasteiger partial charge in [-0.25, -0.2) is 4.79 Å². The summed E-state index contributed by atoms with van der Waals surface area (Å²) in [7, 11) is 0. The lowest BCUT2D eigenvalue weighted by molar-refractivity contribution is 0.0696. The van der Waals surface area contributed by atoms with E-state index in [0.29, 0.717) is 11.0 Å². The predicted octanol–water partition coefficient (Wildman–Crippen LogP) is 2.16. The Hall–Kier alpha value is -0.780. The molecule has 1 rings (SSSR count). The SMILES string of the molecule is O=C(O)c1ccc(NCC(O)CCl)cc1Br. The summed E-state index contributed by atoms with van der Waals surface area (Å²) in [6.45, 7) is 0.322. The van der Waals surface area contributed by atoms with Crippen LogP contribution in [0.15, 0.2) is 22.7 Å². The maximum atomic E-state index is 10.7. The number of benzene rings is 1. The fraction of sp³-hybridized carbons (Fsp3) is 0.300. The molecular formula is C10H11BrClNO3. The first-order valence-electron chi connectivity index (χ1n) is 4.55. The topological polar surface area (TPSA) is 69.6 Å². The highest BCUT2D eigenvalue weighted by Gasteiger charge is 2.08. The fourth-order valence-electron chi connectivity index (χ4n) is 1.09. The van der Waals surface area contributed by atoms with Gasteiger partial charge in [0.2, 0.25) is 0 Å². The summed E-state index contributed by atoms with van der Waals surface area (Å²) in [5, 5.41) is 21.0. The normalized spacial score (nSPS) is 12.2. The highest BCUT2D eigenvalue weighted by Crippen LogP contribution is 2.21. The minimum absolute atomic E-state index is 0.154. The van der Waals surface area contributed by atoms with Crippen LogP contribution < -0.4 is 5.32 Å². The van der Waals surface area contributed by atoms with Crippen molar-refractivity contribution in [1.82, 2.24) is 0 Å². The summed E-state index contributed by atoms with van der Waals surface area (Å²) in [6.07, 6.45) is -0.625. The molecule has 0 aromatic heterocycles. The van der Waals surface area contributed by atoms with Gasteiger partial charge in [0.05, 0.1) is 17.5 Å². The Morgan fingerprint density at radius 2 is 2.25 bits per heavy atom. The second-order valence-electron chi connectivity index (χ2n) is 3.19. The molecule has 6 heteroatoms. The monoisotopic (exact) mass is 307 g/mol. The smallest absolute Gasteiger partial charge is 0.336 e. The van der Waals surface area contributed by atoms with E-state index >= 15 is 0 Å². The Labute approximate surface area is 106 Å². The summed E-state index contributed by atoms with van der Waals surface area (Å²) >= 11 is 8.60. The Morgan fingerprint density at radius 1 is 1.56 bits per heavy atom. The van der Waals surface area contributed by atoms with Gasteiger partial charge in [-0.05, 0) is 34.1 Å². The van der Waals surface area contributed by atoms with Crippen molar-refractivity contribution >= 4 is 39.2 Å². The number of halogens is 2. The van der Waals surface area contributed by atoms with Crippen LogP contribution in [0.4, 0.5) is 5.69 Å². The number of anilines is 1. The largest absolute Gasteiger partial charge is 0.478 e. The molecular weight excluding hydrogens is 297 g/mol. The molecule has 0 heterocycles. The van der Waals surface area contributed by atoms with Crippen LogP contribution in [0.3, 0.4) is 0 Å². The van der Waals surface area contributed by atoms with Crippen LogP contribution in [-0.4, -0.2) is 34.7 Å². The maximum absolute atomic E-state index is 10.7. The van der Waals surface area contributed by atoms with Gasteiger partial charge in [-0.2, -0.15) is 0 Å². The quantitative estimate of drug-likeness (QED) is 0.729. The molecule has 88 valence electrons. The van der Waals surface area contributed by atoms with Gasteiger partial charge in [0.1, 0.15) is 0 Å². The van der Waals surface area contributed by atoms with Gasteiger partial charge >= 0.3 is 5.97 Å². The standard InChI is InChI=1S/C10H11BrClNO3/c11-9-3-6(13-5-7(14)4-12)1-2-8(9)10(15)16/h1-3,7,13-14H,4-5H2,(H,15,16). The summed E-state index contributed by atoms with van der Waals surface area (Å²) in [5.74, 6) is -0.833.